The molecule has 136 valence electrons. The van der Waals surface area contributed by atoms with Crippen molar-refractivity contribution < 1.29 is 9.53 Å². The van der Waals surface area contributed by atoms with Gasteiger partial charge in [0.25, 0.3) is 0 Å². The van der Waals surface area contributed by atoms with E-state index in [-0.39, 0.29) is 5.91 Å². The van der Waals surface area contributed by atoms with Crippen molar-refractivity contribution in [3.63, 3.8) is 0 Å². The average Bonchev–Trinajstić information content (AvgIpc) is 3.04. The minimum absolute atomic E-state index is 0.186. The van der Waals surface area contributed by atoms with Gasteiger partial charge in [-0.25, -0.2) is 0 Å². The zero-order valence-electron chi connectivity index (χ0n) is 15.1. The Kier molecular flexibility index (Phi) is 4.69. The summed E-state index contributed by atoms with van der Waals surface area (Å²) in [6.07, 6.45) is 4.00. The van der Waals surface area contributed by atoms with Gasteiger partial charge in [0.2, 0.25) is 5.91 Å². The van der Waals surface area contributed by atoms with E-state index < -0.39 is 0 Å². The fraction of sp³-hybridized carbons (Fsp3) is 0.650. The second-order valence-electron chi connectivity index (χ2n) is 7.80. The molecule has 2 N–H and O–H groups in total. The Labute approximate surface area is 150 Å². The topological polar surface area (TPSA) is 58.8 Å². The molecule has 0 aromatic heterocycles. The van der Waals surface area contributed by atoms with E-state index in [9.17, 15) is 4.79 Å². The predicted octanol–water partition coefficient (Wildman–Crippen LogP) is 1.82. The van der Waals surface area contributed by atoms with Crippen molar-refractivity contribution in [2.24, 2.45) is 11.7 Å². The number of nitrogens with zero attached hydrogens (tertiary/aromatic N) is 2. The van der Waals surface area contributed by atoms with Crippen molar-refractivity contribution >= 4 is 5.91 Å². The van der Waals surface area contributed by atoms with E-state index >= 15 is 0 Å². The summed E-state index contributed by atoms with van der Waals surface area (Å²) in [6, 6.07) is 9.82. The van der Waals surface area contributed by atoms with Crippen molar-refractivity contribution in [3.8, 4) is 5.75 Å². The van der Waals surface area contributed by atoms with Crippen LogP contribution in [0.4, 0.5) is 0 Å². The van der Waals surface area contributed by atoms with E-state index in [1.807, 2.05) is 6.07 Å². The highest BCUT2D eigenvalue weighted by Crippen LogP contribution is 2.46. The Hall–Kier alpha value is -1.59. The van der Waals surface area contributed by atoms with Crippen LogP contribution in [0.3, 0.4) is 0 Å². The number of hydrogen-bond donors (Lipinski definition) is 1. The zero-order chi connectivity index (χ0) is 17.4. The molecule has 4 aliphatic heterocycles. The Morgan fingerprint density at radius 3 is 2.80 bits per heavy atom. The first-order valence-electron chi connectivity index (χ1n) is 9.57. The summed E-state index contributed by atoms with van der Waals surface area (Å²) in [5.74, 6) is 2.09. The molecule has 5 heteroatoms. The Morgan fingerprint density at radius 2 is 2.08 bits per heavy atom. The third-order valence-electron chi connectivity index (χ3n) is 6.48. The molecule has 4 heterocycles. The van der Waals surface area contributed by atoms with Gasteiger partial charge in [0.1, 0.15) is 5.75 Å². The normalized spacial score (nSPS) is 34.0. The van der Waals surface area contributed by atoms with Crippen molar-refractivity contribution in [1.82, 2.24) is 9.80 Å². The number of carbonyl (C=O) groups excluding carboxylic acids is 1. The van der Waals surface area contributed by atoms with Gasteiger partial charge < -0.3 is 10.5 Å². The monoisotopic (exact) mass is 343 g/mol. The number of primary amides is 1. The number of likely N-dealkylation sites (tertiary alicyclic amines) is 1. The lowest BCUT2D eigenvalue weighted by Crippen LogP contribution is -2.60. The highest BCUT2D eigenvalue weighted by molar-refractivity contribution is 5.73. The van der Waals surface area contributed by atoms with Gasteiger partial charge in [0, 0.05) is 31.0 Å². The third kappa shape index (κ3) is 3.15. The molecule has 2 bridgehead atoms. The predicted molar refractivity (Wildman–Crippen MR) is 97.6 cm³/mol. The fourth-order valence-electron chi connectivity index (χ4n) is 5.41. The quantitative estimate of drug-likeness (QED) is 0.856. The summed E-state index contributed by atoms with van der Waals surface area (Å²) >= 11 is 0. The maximum atomic E-state index is 11.1. The maximum Gasteiger partial charge on any atom is 0.217 e. The molecule has 4 aliphatic rings. The van der Waals surface area contributed by atoms with Crippen LogP contribution in [0, 0.1) is 5.92 Å². The second kappa shape index (κ2) is 6.96. The Balaban J connectivity index is 1.58. The lowest BCUT2D eigenvalue weighted by atomic mass is 9.75. The first kappa shape index (κ1) is 16.9. The number of piperidine rings is 3. The fourth-order valence-corrected chi connectivity index (χ4v) is 5.41. The molecule has 4 saturated heterocycles. The van der Waals surface area contributed by atoms with Crippen molar-refractivity contribution in [2.45, 2.75) is 43.7 Å². The Bertz CT molecular complexity index is 627. The van der Waals surface area contributed by atoms with Gasteiger partial charge >= 0.3 is 0 Å². The number of nitrogens with two attached hydrogens (primary N) is 1. The summed E-state index contributed by atoms with van der Waals surface area (Å²) in [6.45, 7) is 4.53. The van der Waals surface area contributed by atoms with E-state index in [0.717, 1.165) is 31.2 Å². The third-order valence-corrected chi connectivity index (χ3v) is 6.48. The summed E-state index contributed by atoms with van der Waals surface area (Å²) in [5.41, 5.74) is 6.73. The molecular weight excluding hydrogens is 314 g/mol. The van der Waals surface area contributed by atoms with E-state index in [1.54, 1.807) is 7.11 Å². The van der Waals surface area contributed by atoms with E-state index in [4.69, 9.17) is 10.5 Å². The molecule has 1 aromatic rings. The summed E-state index contributed by atoms with van der Waals surface area (Å²) in [4.78, 5) is 16.5. The smallest absolute Gasteiger partial charge is 0.217 e. The number of ether oxygens (including phenoxy) is 1. The minimum Gasteiger partial charge on any atom is -0.497 e. The van der Waals surface area contributed by atoms with Gasteiger partial charge in [0.05, 0.1) is 7.11 Å². The average molecular weight is 343 g/mol. The van der Waals surface area contributed by atoms with Crippen LogP contribution in [0.5, 0.6) is 5.75 Å². The largest absolute Gasteiger partial charge is 0.497 e. The molecule has 1 aromatic carbocycles. The first-order chi connectivity index (χ1) is 12.2. The number of carbonyl (C=O) groups is 1. The highest BCUT2D eigenvalue weighted by Gasteiger charge is 2.52. The number of benzene rings is 1. The van der Waals surface area contributed by atoms with E-state index in [1.165, 1.54) is 31.5 Å². The van der Waals surface area contributed by atoms with Gasteiger partial charge in [-0.05, 0) is 62.5 Å². The molecule has 5 rings (SSSR count). The van der Waals surface area contributed by atoms with Gasteiger partial charge in [-0.15, -0.1) is 0 Å². The first-order valence-corrected chi connectivity index (χ1v) is 9.57. The van der Waals surface area contributed by atoms with Crippen LogP contribution in [0.25, 0.3) is 0 Å². The van der Waals surface area contributed by atoms with Crippen molar-refractivity contribution in [1.29, 1.82) is 0 Å². The SMILES string of the molecule is COc1cccc([C@@H]2CN(CCCC(N)=O)[C@H]3C4CCN(CC4)[C@@H]23)c1. The molecule has 0 unspecified atom stereocenters. The molecule has 25 heavy (non-hydrogen) atoms. The molecule has 4 fully saturated rings. The maximum absolute atomic E-state index is 11.1. The standard InChI is InChI=1S/C20H29N3O2/c1-25-16-5-2-4-15(12-16)17-13-23(9-3-6-18(21)24)19-14-7-10-22(11-8-14)20(17)19/h2,4-5,12,14,17,19-20H,3,6-11,13H2,1H3,(H2,21,24)/t17-,19-,20-/m0/s1. The molecule has 0 spiro atoms. The minimum atomic E-state index is -0.186. The molecule has 1 amide bonds. The zero-order valence-corrected chi connectivity index (χ0v) is 15.1. The summed E-state index contributed by atoms with van der Waals surface area (Å²) in [7, 11) is 1.73. The highest BCUT2D eigenvalue weighted by atomic mass is 16.5. The number of methoxy groups -OCH3 is 1. The van der Waals surface area contributed by atoms with Crippen LogP contribution < -0.4 is 10.5 Å². The van der Waals surface area contributed by atoms with Gasteiger partial charge in [-0.1, -0.05) is 12.1 Å². The van der Waals surface area contributed by atoms with Crippen molar-refractivity contribution in [3.05, 3.63) is 29.8 Å². The van der Waals surface area contributed by atoms with Crippen LogP contribution >= 0.6 is 0 Å². The molecule has 0 radical (unpaired) electrons. The number of rotatable bonds is 6. The molecule has 3 atom stereocenters. The molecule has 5 nitrogen and oxygen atoms in total. The molecule has 0 aliphatic carbocycles. The van der Waals surface area contributed by atoms with Gasteiger partial charge in [-0.2, -0.15) is 0 Å². The van der Waals surface area contributed by atoms with Crippen LogP contribution in [0.1, 0.15) is 37.2 Å². The number of hydrogen-bond acceptors (Lipinski definition) is 4. The summed E-state index contributed by atoms with van der Waals surface area (Å²) in [5, 5.41) is 0. The van der Waals surface area contributed by atoms with E-state index in [0.29, 0.717) is 24.4 Å². The van der Waals surface area contributed by atoms with Gasteiger partial charge in [0.15, 0.2) is 0 Å². The lowest BCUT2D eigenvalue weighted by molar-refractivity contribution is -0.118. The van der Waals surface area contributed by atoms with Gasteiger partial charge in [-0.3, -0.25) is 14.6 Å². The van der Waals surface area contributed by atoms with Crippen LogP contribution in [-0.2, 0) is 4.79 Å². The number of fused-ring (bicyclic) bond motifs is 2. The Morgan fingerprint density at radius 1 is 1.28 bits per heavy atom. The summed E-state index contributed by atoms with van der Waals surface area (Å²) < 4.78 is 5.45. The van der Waals surface area contributed by atoms with Crippen LogP contribution in [0.15, 0.2) is 24.3 Å². The lowest BCUT2D eigenvalue weighted by Gasteiger charge is -2.51. The van der Waals surface area contributed by atoms with E-state index in [2.05, 4.69) is 28.0 Å². The molecule has 0 saturated carbocycles. The molecular formula is C20H29N3O2. The van der Waals surface area contributed by atoms with Crippen LogP contribution in [0.2, 0.25) is 0 Å². The second-order valence-corrected chi connectivity index (χ2v) is 7.80. The van der Waals surface area contributed by atoms with Crippen molar-refractivity contribution in [2.75, 3.05) is 33.3 Å². The number of amides is 1. The van der Waals surface area contributed by atoms with Crippen LogP contribution in [-0.4, -0.2) is 61.1 Å².